The highest BCUT2D eigenvalue weighted by Crippen LogP contribution is 2.14. The quantitative estimate of drug-likeness (QED) is 0.545. The first-order chi connectivity index (χ1) is 4.93. The average Bonchev–Trinajstić information content (AvgIpc) is 1.88. The van der Waals surface area contributed by atoms with Crippen molar-refractivity contribution < 1.29 is 5.11 Å². The van der Waals surface area contributed by atoms with E-state index in [1.54, 1.807) is 0 Å². The van der Waals surface area contributed by atoms with Crippen LogP contribution in [0, 0.1) is 5.92 Å². The maximum atomic E-state index is 8.92. The number of aliphatic hydroxyl groups is 1. The van der Waals surface area contributed by atoms with Crippen LogP contribution in [0.5, 0.6) is 0 Å². The lowest BCUT2D eigenvalue weighted by molar-refractivity contribution is 0.171. The maximum absolute atomic E-state index is 8.92. The van der Waals surface area contributed by atoms with Gasteiger partial charge in [-0.1, -0.05) is 6.92 Å². The van der Waals surface area contributed by atoms with Crippen molar-refractivity contribution in [2.75, 3.05) is 6.61 Å². The summed E-state index contributed by atoms with van der Waals surface area (Å²) in [6, 6.07) is -0.127. The molecule has 0 aliphatic heterocycles. The molecule has 0 saturated heterocycles. The van der Waals surface area contributed by atoms with Crippen LogP contribution >= 0.6 is 0 Å². The Hall–Kier alpha value is -0.120. The van der Waals surface area contributed by atoms with Gasteiger partial charge in [0.15, 0.2) is 0 Å². The van der Waals surface area contributed by atoms with E-state index in [4.69, 9.17) is 16.6 Å². The summed E-state index contributed by atoms with van der Waals surface area (Å²) in [6.07, 6.45) is 0.873. The van der Waals surface area contributed by atoms with Crippen molar-refractivity contribution in [2.45, 2.75) is 38.8 Å². The second-order valence-electron chi connectivity index (χ2n) is 3.70. The Balaban J connectivity index is 4.09. The molecule has 0 heterocycles. The molecule has 3 nitrogen and oxygen atoms in total. The van der Waals surface area contributed by atoms with Gasteiger partial charge in [0.2, 0.25) is 0 Å². The zero-order chi connectivity index (χ0) is 9.07. The van der Waals surface area contributed by atoms with Gasteiger partial charge in [0, 0.05) is 18.2 Å². The Morgan fingerprint density at radius 2 is 1.91 bits per heavy atom. The lowest BCUT2D eigenvalue weighted by Gasteiger charge is -2.32. The zero-order valence-corrected chi connectivity index (χ0v) is 7.67. The van der Waals surface area contributed by atoms with E-state index in [1.807, 2.05) is 20.8 Å². The molecule has 0 aromatic rings. The van der Waals surface area contributed by atoms with Gasteiger partial charge >= 0.3 is 0 Å². The molecule has 3 heteroatoms. The first-order valence-electron chi connectivity index (χ1n) is 4.08. The van der Waals surface area contributed by atoms with Crippen molar-refractivity contribution in [1.82, 2.24) is 0 Å². The number of nitrogens with two attached hydrogens (primary N) is 2. The van der Waals surface area contributed by atoms with Gasteiger partial charge in [-0.25, -0.2) is 0 Å². The Morgan fingerprint density at radius 1 is 1.45 bits per heavy atom. The third kappa shape index (κ3) is 3.18. The Morgan fingerprint density at radius 3 is 2.00 bits per heavy atom. The normalized spacial score (nSPS) is 18.0. The highest BCUT2D eigenvalue weighted by Gasteiger charge is 2.27. The summed E-state index contributed by atoms with van der Waals surface area (Å²) < 4.78 is 0. The lowest BCUT2D eigenvalue weighted by Crippen LogP contribution is -2.55. The predicted octanol–water partition coefficient (Wildman–Crippen LogP) is 0.0695. The Kier molecular flexibility index (Phi) is 4.00. The largest absolute Gasteiger partial charge is 0.396 e. The predicted molar refractivity (Wildman–Crippen MR) is 47.1 cm³/mol. The van der Waals surface area contributed by atoms with E-state index < -0.39 is 5.54 Å². The minimum absolute atomic E-state index is 0.120. The van der Waals surface area contributed by atoms with Gasteiger partial charge < -0.3 is 16.6 Å². The molecule has 0 fully saturated rings. The van der Waals surface area contributed by atoms with Crippen LogP contribution in [0.3, 0.4) is 0 Å². The molecule has 2 atom stereocenters. The molecule has 0 spiro atoms. The van der Waals surface area contributed by atoms with Crippen LogP contribution in [0.4, 0.5) is 0 Å². The Labute approximate surface area is 68.8 Å². The fourth-order valence-electron chi connectivity index (χ4n) is 1.10. The molecule has 0 aliphatic carbocycles. The molecule has 0 bridgehead atoms. The van der Waals surface area contributed by atoms with Crippen LogP contribution in [0.2, 0.25) is 0 Å². The average molecular weight is 160 g/mol. The third-order valence-electron chi connectivity index (χ3n) is 2.13. The van der Waals surface area contributed by atoms with Gasteiger partial charge in [0.05, 0.1) is 0 Å². The molecule has 0 rings (SSSR count). The lowest BCUT2D eigenvalue weighted by atomic mass is 9.85. The van der Waals surface area contributed by atoms with Crippen molar-refractivity contribution in [2.24, 2.45) is 17.4 Å². The van der Waals surface area contributed by atoms with E-state index in [-0.39, 0.29) is 18.6 Å². The monoisotopic (exact) mass is 160 g/mol. The van der Waals surface area contributed by atoms with Crippen molar-refractivity contribution in [1.29, 1.82) is 0 Å². The second-order valence-corrected chi connectivity index (χ2v) is 3.70. The molecule has 68 valence electrons. The SMILES string of the molecule is CCC(CO)C(N)C(C)(C)N. The van der Waals surface area contributed by atoms with Gasteiger partial charge in [-0.15, -0.1) is 0 Å². The first-order valence-corrected chi connectivity index (χ1v) is 4.08. The van der Waals surface area contributed by atoms with Crippen molar-refractivity contribution in [3.8, 4) is 0 Å². The summed E-state index contributed by atoms with van der Waals surface area (Å²) in [6.45, 7) is 5.90. The number of aliphatic hydroxyl groups excluding tert-OH is 1. The van der Waals surface area contributed by atoms with Gasteiger partial charge in [0.1, 0.15) is 0 Å². The van der Waals surface area contributed by atoms with Crippen LogP contribution < -0.4 is 11.5 Å². The van der Waals surface area contributed by atoms with E-state index in [1.165, 1.54) is 0 Å². The van der Waals surface area contributed by atoms with Gasteiger partial charge in [0.25, 0.3) is 0 Å². The van der Waals surface area contributed by atoms with E-state index in [0.29, 0.717) is 0 Å². The molecule has 0 aromatic carbocycles. The van der Waals surface area contributed by atoms with Crippen LogP contribution in [0.25, 0.3) is 0 Å². The highest BCUT2D eigenvalue weighted by molar-refractivity contribution is 4.89. The summed E-state index contributed by atoms with van der Waals surface area (Å²) in [4.78, 5) is 0. The minimum Gasteiger partial charge on any atom is -0.396 e. The smallest absolute Gasteiger partial charge is 0.0474 e. The van der Waals surface area contributed by atoms with E-state index in [0.717, 1.165) is 6.42 Å². The molecule has 0 aliphatic rings. The van der Waals surface area contributed by atoms with Crippen LogP contribution in [-0.2, 0) is 0 Å². The second kappa shape index (κ2) is 4.04. The summed E-state index contributed by atoms with van der Waals surface area (Å²) in [5.41, 5.74) is 11.2. The zero-order valence-electron chi connectivity index (χ0n) is 7.67. The minimum atomic E-state index is -0.399. The number of hydrogen-bond donors (Lipinski definition) is 3. The van der Waals surface area contributed by atoms with Gasteiger partial charge in [-0.2, -0.15) is 0 Å². The maximum Gasteiger partial charge on any atom is 0.0474 e. The summed E-state index contributed by atoms with van der Waals surface area (Å²) in [5, 5.41) is 8.92. The summed E-state index contributed by atoms with van der Waals surface area (Å²) in [5.74, 6) is 0.120. The van der Waals surface area contributed by atoms with E-state index in [9.17, 15) is 0 Å². The topological polar surface area (TPSA) is 72.3 Å². The van der Waals surface area contributed by atoms with Gasteiger partial charge in [-0.05, 0) is 26.2 Å². The molecule has 11 heavy (non-hydrogen) atoms. The molecular formula is C8H20N2O. The van der Waals surface area contributed by atoms with Crippen LogP contribution in [-0.4, -0.2) is 23.3 Å². The fourth-order valence-corrected chi connectivity index (χ4v) is 1.10. The highest BCUT2D eigenvalue weighted by atomic mass is 16.3. The van der Waals surface area contributed by atoms with E-state index >= 15 is 0 Å². The summed E-state index contributed by atoms with van der Waals surface area (Å²) in [7, 11) is 0. The van der Waals surface area contributed by atoms with Crippen molar-refractivity contribution >= 4 is 0 Å². The first kappa shape index (κ1) is 10.9. The van der Waals surface area contributed by atoms with E-state index in [2.05, 4.69) is 0 Å². The molecular weight excluding hydrogens is 140 g/mol. The molecule has 0 radical (unpaired) electrons. The number of hydrogen-bond acceptors (Lipinski definition) is 3. The van der Waals surface area contributed by atoms with Crippen LogP contribution in [0.15, 0.2) is 0 Å². The Bertz CT molecular complexity index is 105. The molecule has 0 amide bonds. The standard InChI is InChI=1S/C8H20N2O/c1-4-6(5-11)7(9)8(2,3)10/h6-7,11H,4-5,9-10H2,1-3H3. The van der Waals surface area contributed by atoms with Gasteiger partial charge in [-0.3, -0.25) is 0 Å². The molecule has 0 saturated carbocycles. The molecule has 5 N–H and O–H groups in total. The third-order valence-corrected chi connectivity index (χ3v) is 2.13. The summed E-state index contributed by atoms with van der Waals surface area (Å²) >= 11 is 0. The number of rotatable bonds is 4. The molecule has 0 aromatic heterocycles. The fraction of sp³-hybridized carbons (Fsp3) is 1.00. The van der Waals surface area contributed by atoms with Crippen molar-refractivity contribution in [3.63, 3.8) is 0 Å². The molecule has 2 unspecified atom stereocenters. The van der Waals surface area contributed by atoms with Crippen molar-refractivity contribution in [3.05, 3.63) is 0 Å². The van der Waals surface area contributed by atoms with Crippen LogP contribution in [0.1, 0.15) is 27.2 Å².